The first-order valence-electron chi connectivity index (χ1n) is 8.14. The minimum absolute atomic E-state index is 0.117. The minimum Gasteiger partial charge on any atom is -0.392 e. The molecule has 1 aromatic rings. The van der Waals surface area contributed by atoms with E-state index < -0.39 is 0 Å². The smallest absolute Gasteiger partial charge is 0.263 e. The Hall–Kier alpha value is -0.910. The van der Waals surface area contributed by atoms with E-state index in [9.17, 15) is 9.90 Å². The van der Waals surface area contributed by atoms with Crippen LogP contribution in [0.4, 0.5) is 0 Å². The summed E-state index contributed by atoms with van der Waals surface area (Å²) in [5, 5.41) is 10.2. The molecule has 0 bridgehead atoms. The maximum atomic E-state index is 12.6. The molecule has 1 saturated heterocycles. The molecule has 0 radical (unpaired) electrons. The fourth-order valence-corrected chi connectivity index (χ4v) is 4.78. The van der Waals surface area contributed by atoms with Crippen LogP contribution in [0.1, 0.15) is 46.3 Å². The van der Waals surface area contributed by atoms with Gasteiger partial charge in [-0.3, -0.25) is 4.79 Å². The number of aliphatic hydroxyl groups is 1. The van der Waals surface area contributed by atoms with Crippen molar-refractivity contribution in [1.29, 1.82) is 0 Å². The summed E-state index contributed by atoms with van der Waals surface area (Å²) in [6.45, 7) is 8.23. The second kappa shape index (κ2) is 5.95. The molecule has 2 aliphatic rings. The molecule has 22 heavy (non-hydrogen) atoms. The summed E-state index contributed by atoms with van der Waals surface area (Å²) in [5.41, 5.74) is 1.07. The molecule has 4 nitrogen and oxygen atoms in total. The van der Waals surface area contributed by atoms with E-state index in [0.29, 0.717) is 6.61 Å². The van der Waals surface area contributed by atoms with Gasteiger partial charge < -0.3 is 14.7 Å². The highest BCUT2D eigenvalue weighted by atomic mass is 32.1. The number of amides is 1. The van der Waals surface area contributed by atoms with E-state index in [1.165, 1.54) is 10.4 Å². The summed E-state index contributed by atoms with van der Waals surface area (Å²) in [6, 6.07) is 1.99. The van der Waals surface area contributed by atoms with Gasteiger partial charge in [0.05, 0.1) is 17.1 Å². The number of aryl methyl sites for hydroxylation is 2. The van der Waals surface area contributed by atoms with Gasteiger partial charge in [0.25, 0.3) is 5.91 Å². The Balaban J connectivity index is 1.65. The van der Waals surface area contributed by atoms with Crippen molar-refractivity contribution in [2.75, 3.05) is 19.7 Å². The molecule has 1 saturated carbocycles. The third-order valence-corrected chi connectivity index (χ3v) is 6.61. The predicted octanol–water partition coefficient (Wildman–Crippen LogP) is 2.76. The lowest BCUT2D eigenvalue weighted by Gasteiger charge is -2.56. The van der Waals surface area contributed by atoms with Crippen LogP contribution in [0.25, 0.3) is 0 Å². The molecule has 1 N–H and O–H groups in total. The van der Waals surface area contributed by atoms with Crippen molar-refractivity contribution in [3.63, 3.8) is 0 Å². The number of carbonyl (C=O) groups is 1. The van der Waals surface area contributed by atoms with Gasteiger partial charge in [0, 0.05) is 36.4 Å². The largest absolute Gasteiger partial charge is 0.392 e. The van der Waals surface area contributed by atoms with E-state index in [1.807, 2.05) is 24.8 Å². The van der Waals surface area contributed by atoms with E-state index in [2.05, 4.69) is 6.92 Å². The van der Waals surface area contributed by atoms with Crippen LogP contribution in [-0.4, -0.2) is 47.8 Å². The zero-order chi connectivity index (χ0) is 15.9. The Morgan fingerprint density at radius 3 is 2.64 bits per heavy atom. The lowest BCUT2D eigenvalue weighted by molar-refractivity contribution is -0.207. The van der Waals surface area contributed by atoms with E-state index in [-0.39, 0.29) is 23.5 Å². The van der Waals surface area contributed by atoms with Crippen LogP contribution in [0, 0.1) is 19.3 Å². The first-order chi connectivity index (χ1) is 10.5. The molecule has 2 fully saturated rings. The van der Waals surface area contributed by atoms with Crippen molar-refractivity contribution < 1.29 is 14.6 Å². The summed E-state index contributed by atoms with van der Waals surface area (Å²) in [6.07, 6.45) is 2.32. The number of likely N-dealkylation sites (tertiary alicyclic amines) is 1. The van der Waals surface area contributed by atoms with Gasteiger partial charge >= 0.3 is 0 Å². The van der Waals surface area contributed by atoms with Gasteiger partial charge in [-0.05, 0) is 45.2 Å². The van der Waals surface area contributed by atoms with E-state index in [1.54, 1.807) is 11.3 Å². The molecule has 122 valence electrons. The Morgan fingerprint density at radius 2 is 2.14 bits per heavy atom. The topological polar surface area (TPSA) is 49.8 Å². The first-order valence-corrected chi connectivity index (χ1v) is 8.95. The fraction of sp³-hybridized carbons (Fsp3) is 0.706. The predicted molar refractivity (Wildman–Crippen MR) is 87.4 cm³/mol. The number of thiophene rings is 1. The van der Waals surface area contributed by atoms with E-state index in [4.69, 9.17) is 4.74 Å². The number of ether oxygens (including phenoxy) is 1. The highest BCUT2D eigenvalue weighted by Gasteiger charge is 2.56. The number of hydrogen-bond donors (Lipinski definition) is 1. The maximum absolute atomic E-state index is 12.6. The summed E-state index contributed by atoms with van der Waals surface area (Å²) >= 11 is 1.58. The van der Waals surface area contributed by atoms with Gasteiger partial charge in [0.2, 0.25) is 0 Å². The number of aliphatic hydroxyl groups excluding tert-OH is 1. The lowest BCUT2D eigenvalue weighted by atomic mass is 9.58. The molecule has 2 heterocycles. The van der Waals surface area contributed by atoms with E-state index in [0.717, 1.165) is 37.2 Å². The highest BCUT2D eigenvalue weighted by molar-refractivity contribution is 7.14. The van der Waals surface area contributed by atoms with Gasteiger partial charge in [-0.15, -0.1) is 11.3 Å². The van der Waals surface area contributed by atoms with Crippen molar-refractivity contribution >= 4 is 17.2 Å². The fourth-order valence-electron chi connectivity index (χ4n) is 3.78. The standard InChI is InChI=1S/C17H25NO3S/c1-4-21-15-10-14(19)17(15)5-7-18(8-6-17)16(20)13-9-11(2)12(3)22-13/h9,14-15,19H,4-8,10H2,1-3H3/t14-,15-/m1/s1. The molecule has 0 unspecified atom stereocenters. The van der Waals surface area contributed by atoms with Gasteiger partial charge in [0.15, 0.2) is 0 Å². The molecule has 0 aromatic carbocycles. The van der Waals surface area contributed by atoms with Crippen molar-refractivity contribution in [1.82, 2.24) is 4.90 Å². The number of hydrogen-bond acceptors (Lipinski definition) is 4. The average Bonchev–Trinajstić information content (AvgIpc) is 2.86. The van der Waals surface area contributed by atoms with Crippen LogP contribution >= 0.6 is 11.3 Å². The molecule has 1 aliphatic carbocycles. The van der Waals surface area contributed by atoms with Gasteiger partial charge in [-0.2, -0.15) is 0 Å². The number of carbonyl (C=O) groups excluding carboxylic acids is 1. The van der Waals surface area contributed by atoms with Crippen LogP contribution in [0.2, 0.25) is 0 Å². The molecular formula is C17H25NO3S. The monoisotopic (exact) mass is 323 g/mol. The van der Waals surface area contributed by atoms with Crippen molar-refractivity contribution in [3.8, 4) is 0 Å². The second-order valence-corrected chi connectivity index (χ2v) is 7.83. The molecule has 1 amide bonds. The van der Waals surface area contributed by atoms with Gasteiger partial charge in [-0.25, -0.2) is 0 Å². The van der Waals surface area contributed by atoms with Crippen molar-refractivity contribution in [3.05, 3.63) is 21.4 Å². The zero-order valence-electron chi connectivity index (χ0n) is 13.6. The Morgan fingerprint density at radius 1 is 1.45 bits per heavy atom. The van der Waals surface area contributed by atoms with Crippen LogP contribution < -0.4 is 0 Å². The normalized spacial score (nSPS) is 27.0. The maximum Gasteiger partial charge on any atom is 0.263 e. The molecular weight excluding hydrogens is 298 g/mol. The third kappa shape index (κ3) is 2.49. The molecule has 5 heteroatoms. The summed E-state index contributed by atoms with van der Waals surface area (Å²) in [5.74, 6) is 0.137. The average molecular weight is 323 g/mol. The Bertz CT molecular complexity index is 539. The Kier molecular flexibility index (Phi) is 4.32. The van der Waals surface area contributed by atoms with E-state index >= 15 is 0 Å². The quantitative estimate of drug-likeness (QED) is 0.930. The van der Waals surface area contributed by atoms with Crippen LogP contribution in [-0.2, 0) is 4.74 Å². The SMILES string of the molecule is CCO[C@@H]1C[C@@H](O)C12CCN(C(=O)c1cc(C)c(C)s1)CC2. The summed E-state index contributed by atoms with van der Waals surface area (Å²) in [4.78, 5) is 16.6. The number of rotatable bonds is 3. The van der Waals surface area contributed by atoms with Crippen LogP contribution in [0.3, 0.4) is 0 Å². The Labute approximate surface area is 136 Å². The zero-order valence-corrected chi connectivity index (χ0v) is 14.4. The molecule has 3 rings (SSSR count). The molecule has 2 atom stereocenters. The summed E-state index contributed by atoms with van der Waals surface area (Å²) < 4.78 is 5.78. The van der Waals surface area contributed by atoms with Crippen molar-refractivity contribution in [2.45, 2.75) is 52.2 Å². The van der Waals surface area contributed by atoms with Crippen LogP contribution in [0.5, 0.6) is 0 Å². The second-order valence-electron chi connectivity index (χ2n) is 6.57. The molecule has 1 aromatic heterocycles. The van der Waals surface area contributed by atoms with Gasteiger partial charge in [-0.1, -0.05) is 0 Å². The number of nitrogens with zero attached hydrogens (tertiary/aromatic N) is 1. The molecule has 1 aliphatic heterocycles. The molecule has 1 spiro atoms. The lowest BCUT2D eigenvalue weighted by Crippen LogP contribution is -2.62. The van der Waals surface area contributed by atoms with Crippen molar-refractivity contribution in [2.24, 2.45) is 5.41 Å². The first kappa shape index (κ1) is 16.0. The number of piperidine rings is 1. The summed E-state index contributed by atoms with van der Waals surface area (Å²) in [7, 11) is 0. The minimum atomic E-state index is -0.271. The van der Waals surface area contributed by atoms with Crippen LogP contribution in [0.15, 0.2) is 6.07 Å². The third-order valence-electron chi connectivity index (χ3n) is 5.47. The van der Waals surface area contributed by atoms with Gasteiger partial charge in [0.1, 0.15) is 0 Å². The highest BCUT2D eigenvalue weighted by Crippen LogP contribution is 2.51.